The zero-order chi connectivity index (χ0) is 14.4. The number of nitrogens with one attached hydrogen (secondary N) is 2. The van der Waals surface area contributed by atoms with E-state index in [2.05, 4.69) is 10.6 Å². The average Bonchev–Trinajstić information content (AvgIpc) is 3.24. The lowest BCUT2D eigenvalue weighted by Crippen LogP contribution is -2.26. The van der Waals surface area contributed by atoms with Gasteiger partial charge in [-0.15, -0.1) is 0 Å². The number of phenols is 1. The van der Waals surface area contributed by atoms with E-state index in [4.69, 9.17) is 4.74 Å². The summed E-state index contributed by atoms with van der Waals surface area (Å²) in [6.07, 6.45) is 3.59. The number of para-hydroxylation sites is 1. The number of benzene rings is 1. The van der Waals surface area contributed by atoms with Gasteiger partial charge in [0, 0.05) is 24.6 Å². The third kappa shape index (κ3) is 4.42. The SMILES string of the molecule is COc1cccc(CNCCCC(=O)NC2CC2)c1O. The topological polar surface area (TPSA) is 70.6 Å². The molecule has 5 heteroatoms. The molecule has 1 aromatic carbocycles. The van der Waals surface area contributed by atoms with E-state index >= 15 is 0 Å². The van der Waals surface area contributed by atoms with Crippen LogP contribution in [0.25, 0.3) is 0 Å². The smallest absolute Gasteiger partial charge is 0.220 e. The van der Waals surface area contributed by atoms with Crippen molar-refractivity contribution in [3.8, 4) is 11.5 Å². The Morgan fingerprint density at radius 2 is 2.25 bits per heavy atom. The molecule has 0 aliphatic heterocycles. The van der Waals surface area contributed by atoms with Gasteiger partial charge in [-0.3, -0.25) is 4.79 Å². The zero-order valence-corrected chi connectivity index (χ0v) is 11.8. The number of amides is 1. The van der Waals surface area contributed by atoms with Crippen molar-refractivity contribution in [3.63, 3.8) is 0 Å². The molecule has 1 fully saturated rings. The van der Waals surface area contributed by atoms with Gasteiger partial charge >= 0.3 is 0 Å². The Morgan fingerprint density at radius 3 is 2.95 bits per heavy atom. The van der Waals surface area contributed by atoms with Crippen LogP contribution in [0.3, 0.4) is 0 Å². The zero-order valence-electron chi connectivity index (χ0n) is 11.8. The van der Waals surface area contributed by atoms with E-state index < -0.39 is 0 Å². The van der Waals surface area contributed by atoms with E-state index in [9.17, 15) is 9.90 Å². The van der Waals surface area contributed by atoms with Crippen LogP contribution in [0.15, 0.2) is 18.2 Å². The molecule has 1 amide bonds. The Labute approximate surface area is 119 Å². The molecule has 1 aliphatic rings. The highest BCUT2D eigenvalue weighted by Crippen LogP contribution is 2.29. The molecule has 110 valence electrons. The first-order valence-electron chi connectivity index (χ1n) is 7.05. The lowest BCUT2D eigenvalue weighted by molar-refractivity contribution is -0.121. The van der Waals surface area contributed by atoms with Crippen LogP contribution in [0.1, 0.15) is 31.2 Å². The number of hydrogen-bond donors (Lipinski definition) is 3. The molecule has 0 atom stereocenters. The van der Waals surface area contributed by atoms with E-state index in [-0.39, 0.29) is 11.7 Å². The molecule has 0 saturated heterocycles. The van der Waals surface area contributed by atoms with Crippen LogP contribution in [0.2, 0.25) is 0 Å². The summed E-state index contributed by atoms with van der Waals surface area (Å²) in [6.45, 7) is 1.31. The minimum atomic E-state index is 0.138. The molecular formula is C15H22N2O3. The van der Waals surface area contributed by atoms with Crippen LogP contribution in [0.4, 0.5) is 0 Å². The number of carbonyl (C=O) groups is 1. The molecule has 0 aromatic heterocycles. The fraction of sp³-hybridized carbons (Fsp3) is 0.533. The molecule has 2 rings (SSSR count). The Kier molecular flexibility index (Phi) is 5.24. The number of hydrogen-bond acceptors (Lipinski definition) is 4. The molecule has 0 radical (unpaired) electrons. The summed E-state index contributed by atoms with van der Waals surface area (Å²) >= 11 is 0. The quantitative estimate of drug-likeness (QED) is 0.631. The monoisotopic (exact) mass is 278 g/mol. The highest BCUT2D eigenvalue weighted by atomic mass is 16.5. The van der Waals surface area contributed by atoms with Crippen LogP contribution >= 0.6 is 0 Å². The van der Waals surface area contributed by atoms with E-state index in [1.54, 1.807) is 6.07 Å². The highest BCUT2D eigenvalue weighted by Gasteiger charge is 2.22. The van der Waals surface area contributed by atoms with Gasteiger partial charge in [-0.1, -0.05) is 12.1 Å². The Morgan fingerprint density at radius 1 is 1.45 bits per heavy atom. The van der Waals surface area contributed by atoms with Gasteiger partial charge in [0.1, 0.15) is 0 Å². The maximum atomic E-state index is 11.5. The summed E-state index contributed by atoms with van der Waals surface area (Å²) in [5, 5.41) is 16.1. The van der Waals surface area contributed by atoms with Gasteiger partial charge in [0.15, 0.2) is 11.5 Å². The summed E-state index contributed by atoms with van der Waals surface area (Å²) in [5.74, 6) is 0.792. The average molecular weight is 278 g/mol. The molecule has 0 spiro atoms. The Balaban J connectivity index is 1.64. The molecule has 1 aliphatic carbocycles. The van der Waals surface area contributed by atoms with Crippen molar-refractivity contribution >= 4 is 5.91 Å². The minimum absolute atomic E-state index is 0.138. The normalized spacial score (nSPS) is 14.1. The molecule has 3 N–H and O–H groups in total. The Hall–Kier alpha value is -1.75. The third-order valence-electron chi connectivity index (χ3n) is 3.32. The molecular weight excluding hydrogens is 256 g/mol. The highest BCUT2D eigenvalue weighted by molar-refractivity contribution is 5.76. The van der Waals surface area contributed by atoms with Gasteiger partial charge in [-0.05, 0) is 31.9 Å². The predicted molar refractivity (Wildman–Crippen MR) is 76.8 cm³/mol. The Bertz CT molecular complexity index is 458. The first-order valence-corrected chi connectivity index (χ1v) is 7.05. The number of methoxy groups -OCH3 is 1. The number of aromatic hydroxyl groups is 1. The van der Waals surface area contributed by atoms with Crippen LogP contribution in [0, 0.1) is 0 Å². The van der Waals surface area contributed by atoms with E-state index in [0.717, 1.165) is 31.4 Å². The number of rotatable bonds is 8. The fourth-order valence-corrected chi connectivity index (χ4v) is 2.00. The first-order chi connectivity index (χ1) is 9.70. The van der Waals surface area contributed by atoms with Crippen molar-refractivity contribution in [3.05, 3.63) is 23.8 Å². The maximum Gasteiger partial charge on any atom is 0.220 e. The second-order valence-electron chi connectivity index (χ2n) is 5.09. The van der Waals surface area contributed by atoms with Gasteiger partial charge < -0.3 is 20.5 Å². The summed E-state index contributed by atoms with van der Waals surface area (Å²) in [7, 11) is 1.53. The van der Waals surface area contributed by atoms with Crippen LogP contribution in [0.5, 0.6) is 11.5 Å². The number of phenolic OH excluding ortho intramolecular Hbond substituents is 1. The van der Waals surface area contributed by atoms with E-state index in [1.807, 2.05) is 12.1 Å². The summed E-state index contributed by atoms with van der Waals surface area (Å²) < 4.78 is 5.06. The molecule has 20 heavy (non-hydrogen) atoms. The van der Waals surface area contributed by atoms with Crippen molar-refractivity contribution in [2.75, 3.05) is 13.7 Å². The van der Waals surface area contributed by atoms with Crippen molar-refractivity contribution in [1.82, 2.24) is 10.6 Å². The van der Waals surface area contributed by atoms with Crippen molar-refractivity contribution < 1.29 is 14.6 Å². The minimum Gasteiger partial charge on any atom is -0.504 e. The first kappa shape index (κ1) is 14.7. The summed E-state index contributed by atoms with van der Waals surface area (Å²) in [4.78, 5) is 11.5. The van der Waals surface area contributed by atoms with Crippen LogP contribution in [-0.2, 0) is 11.3 Å². The second kappa shape index (κ2) is 7.14. The van der Waals surface area contributed by atoms with Crippen molar-refractivity contribution in [2.24, 2.45) is 0 Å². The summed E-state index contributed by atoms with van der Waals surface area (Å²) in [5.41, 5.74) is 0.798. The van der Waals surface area contributed by atoms with Crippen molar-refractivity contribution in [1.29, 1.82) is 0 Å². The molecule has 1 saturated carbocycles. The number of ether oxygens (including phenoxy) is 1. The molecule has 0 unspecified atom stereocenters. The molecule has 1 aromatic rings. The second-order valence-corrected chi connectivity index (χ2v) is 5.09. The predicted octanol–water partition coefficient (Wildman–Crippen LogP) is 1.55. The van der Waals surface area contributed by atoms with Gasteiger partial charge in [-0.25, -0.2) is 0 Å². The van der Waals surface area contributed by atoms with E-state index in [0.29, 0.717) is 24.8 Å². The van der Waals surface area contributed by atoms with Gasteiger partial charge in [0.25, 0.3) is 0 Å². The molecule has 0 heterocycles. The number of carbonyl (C=O) groups excluding carboxylic acids is 1. The summed E-state index contributed by atoms with van der Waals surface area (Å²) in [6, 6.07) is 5.86. The van der Waals surface area contributed by atoms with Crippen LogP contribution in [-0.4, -0.2) is 30.7 Å². The molecule has 5 nitrogen and oxygen atoms in total. The largest absolute Gasteiger partial charge is 0.504 e. The molecule has 0 bridgehead atoms. The standard InChI is InChI=1S/C15H22N2O3/c1-20-13-5-2-4-11(15(13)19)10-16-9-3-6-14(18)17-12-7-8-12/h2,4-5,12,16,19H,3,6-10H2,1H3,(H,17,18). The van der Waals surface area contributed by atoms with Gasteiger partial charge in [0.2, 0.25) is 5.91 Å². The third-order valence-corrected chi connectivity index (χ3v) is 3.32. The van der Waals surface area contributed by atoms with Gasteiger partial charge in [0.05, 0.1) is 7.11 Å². The lowest BCUT2D eigenvalue weighted by Gasteiger charge is -2.09. The van der Waals surface area contributed by atoms with Crippen LogP contribution < -0.4 is 15.4 Å². The van der Waals surface area contributed by atoms with E-state index in [1.165, 1.54) is 7.11 Å². The lowest BCUT2D eigenvalue weighted by atomic mass is 10.2. The maximum absolute atomic E-state index is 11.5. The van der Waals surface area contributed by atoms with Gasteiger partial charge in [-0.2, -0.15) is 0 Å². The fourth-order valence-electron chi connectivity index (χ4n) is 2.00. The van der Waals surface area contributed by atoms with Crippen molar-refractivity contribution in [2.45, 2.75) is 38.3 Å².